The van der Waals surface area contributed by atoms with E-state index in [2.05, 4.69) is 20.4 Å². The smallest absolute Gasteiger partial charge is 0.238 e. The van der Waals surface area contributed by atoms with E-state index in [1.54, 1.807) is 12.1 Å². The summed E-state index contributed by atoms with van der Waals surface area (Å²) in [5.41, 5.74) is 1.67. The first-order valence-electron chi connectivity index (χ1n) is 8.77. The van der Waals surface area contributed by atoms with Gasteiger partial charge in [-0.3, -0.25) is 4.79 Å². The van der Waals surface area contributed by atoms with Gasteiger partial charge in [-0.25, -0.2) is 13.6 Å². The van der Waals surface area contributed by atoms with Crippen molar-refractivity contribution in [3.8, 4) is 0 Å². The molecule has 9 heteroatoms. The Morgan fingerprint density at radius 2 is 1.96 bits per heavy atom. The number of anilines is 1. The zero-order valence-corrected chi connectivity index (χ0v) is 15.9. The summed E-state index contributed by atoms with van der Waals surface area (Å²) in [5, 5.41) is 16.3. The zero-order chi connectivity index (χ0) is 19.4. The van der Waals surface area contributed by atoms with E-state index in [9.17, 15) is 13.2 Å². The molecule has 0 aliphatic carbocycles. The Bertz CT molecular complexity index is 898. The van der Waals surface area contributed by atoms with Crippen LogP contribution in [0.4, 0.5) is 5.82 Å². The molecule has 0 radical (unpaired) electrons. The number of carbonyl (C=O) groups excluding carboxylic acids is 1. The number of piperidine rings is 1. The molecule has 1 unspecified atom stereocenters. The van der Waals surface area contributed by atoms with Crippen molar-refractivity contribution in [3.63, 3.8) is 0 Å². The minimum Gasteiger partial charge on any atom is -0.354 e. The number of aromatic nitrogens is 2. The molecule has 1 aromatic heterocycles. The molecule has 144 valence electrons. The summed E-state index contributed by atoms with van der Waals surface area (Å²) < 4.78 is 22.6. The Morgan fingerprint density at radius 1 is 1.22 bits per heavy atom. The maximum Gasteiger partial charge on any atom is 0.238 e. The highest BCUT2D eigenvalue weighted by Crippen LogP contribution is 2.21. The van der Waals surface area contributed by atoms with E-state index in [1.165, 1.54) is 12.1 Å². The zero-order valence-electron chi connectivity index (χ0n) is 15.1. The maximum atomic E-state index is 12.5. The molecule has 1 fully saturated rings. The molecule has 2 heterocycles. The molecular weight excluding hydrogens is 366 g/mol. The van der Waals surface area contributed by atoms with Gasteiger partial charge in [0.05, 0.1) is 16.5 Å². The normalized spacial score (nSPS) is 17.6. The molecule has 3 rings (SSSR count). The predicted octanol–water partition coefficient (Wildman–Crippen LogP) is 0.965. The number of hydrogen-bond acceptors (Lipinski definition) is 6. The van der Waals surface area contributed by atoms with E-state index in [-0.39, 0.29) is 16.7 Å². The molecule has 1 amide bonds. The molecular formula is C18H23N5O3S. The van der Waals surface area contributed by atoms with Gasteiger partial charge in [0.25, 0.3) is 0 Å². The van der Waals surface area contributed by atoms with Gasteiger partial charge >= 0.3 is 0 Å². The molecule has 1 aliphatic heterocycles. The molecule has 27 heavy (non-hydrogen) atoms. The third-order valence-electron chi connectivity index (χ3n) is 4.62. The van der Waals surface area contributed by atoms with Gasteiger partial charge in [0.15, 0.2) is 5.82 Å². The number of nitrogens with zero attached hydrogens (tertiary/aromatic N) is 3. The molecule has 1 atom stereocenters. The third kappa shape index (κ3) is 5.01. The fourth-order valence-corrected chi connectivity index (χ4v) is 3.61. The van der Waals surface area contributed by atoms with Crippen LogP contribution in [0.15, 0.2) is 41.3 Å². The summed E-state index contributed by atoms with van der Waals surface area (Å²) in [7, 11) is -3.71. The molecule has 3 N–H and O–H groups in total. The van der Waals surface area contributed by atoms with Crippen LogP contribution >= 0.6 is 0 Å². The number of benzene rings is 1. The number of sulfonamides is 1. The number of nitrogens with two attached hydrogens (primary N) is 1. The van der Waals surface area contributed by atoms with Crippen molar-refractivity contribution >= 4 is 21.7 Å². The van der Waals surface area contributed by atoms with Crippen LogP contribution < -0.4 is 15.4 Å². The number of nitrogens with one attached hydrogen (secondary N) is 1. The van der Waals surface area contributed by atoms with Gasteiger partial charge in [-0.2, -0.15) is 5.10 Å². The van der Waals surface area contributed by atoms with Crippen LogP contribution in [0.5, 0.6) is 0 Å². The lowest BCUT2D eigenvalue weighted by Crippen LogP contribution is -2.43. The number of hydrogen-bond donors (Lipinski definition) is 2. The standard InChI is InChI=1S/C18H23N5O3S/c1-13-4-9-17(22-21-13)23-10-2-3-15(12-23)18(24)20-11-14-5-7-16(8-6-14)27(19,25)26/h4-9,15H,2-3,10-12H2,1H3,(H,20,24)(H2,19,25,26). The Kier molecular flexibility index (Phi) is 5.71. The molecule has 8 nitrogen and oxygen atoms in total. The minimum atomic E-state index is -3.71. The summed E-state index contributed by atoms with van der Waals surface area (Å²) in [5.74, 6) is 0.650. The lowest BCUT2D eigenvalue weighted by Gasteiger charge is -2.32. The van der Waals surface area contributed by atoms with Gasteiger partial charge in [0.2, 0.25) is 15.9 Å². The van der Waals surface area contributed by atoms with E-state index >= 15 is 0 Å². The van der Waals surface area contributed by atoms with Crippen LogP contribution in [0, 0.1) is 12.8 Å². The Labute approximate surface area is 158 Å². The molecule has 0 saturated carbocycles. The predicted molar refractivity (Wildman–Crippen MR) is 101 cm³/mol. The van der Waals surface area contributed by atoms with Gasteiger partial charge in [0, 0.05) is 19.6 Å². The van der Waals surface area contributed by atoms with Crippen molar-refractivity contribution in [2.24, 2.45) is 11.1 Å². The largest absolute Gasteiger partial charge is 0.354 e. The van der Waals surface area contributed by atoms with Crippen molar-refractivity contribution in [3.05, 3.63) is 47.7 Å². The van der Waals surface area contributed by atoms with E-state index in [1.807, 2.05) is 19.1 Å². The molecule has 2 aromatic rings. The molecule has 1 aromatic carbocycles. The molecule has 1 saturated heterocycles. The first kappa shape index (κ1) is 19.2. The first-order valence-corrected chi connectivity index (χ1v) is 10.3. The van der Waals surface area contributed by atoms with E-state index < -0.39 is 10.0 Å². The van der Waals surface area contributed by atoms with Crippen molar-refractivity contribution < 1.29 is 13.2 Å². The SMILES string of the molecule is Cc1ccc(N2CCCC(C(=O)NCc3ccc(S(N)(=O)=O)cc3)C2)nn1. The highest BCUT2D eigenvalue weighted by atomic mass is 32.2. The Balaban J connectivity index is 1.56. The second kappa shape index (κ2) is 8.01. The van der Waals surface area contributed by atoms with Gasteiger partial charge in [0.1, 0.15) is 0 Å². The first-order chi connectivity index (χ1) is 12.8. The fourth-order valence-electron chi connectivity index (χ4n) is 3.09. The van der Waals surface area contributed by atoms with Gasteiger partial charge in [-0.1, -0.05) is 12.1 Å². The number of rotatable bonds is 5. The van der Waals surface area contributed by atoms with Crippen LogP contribution in [-0.4, -0.2) is 37.6 Å². The lowest BCUT2D eigenvalue weighted by molar-refractivity contribution is -0.125. The quantitative estimate of drug-likeness (QED) is 0.786. The highest BCUT2D eigenvalue weighted by Gasteiger charge is 2.26. The summed E-state index contributed by atoms with van der Waals surface area (Å²) in [6, 6.07) is 10.0. The maximum absolute atomic E-state index is 12.5. The second-order valence-electron chi connectivity index (χ2n) is 6.72. The average molecular weight is 389 g/mol. The fraction of sp³-hybridized carbons (Fsp3) is 0.389. The summed E-state index contributed by atoms with van der Waals surface area (Å²) in [6.45, 7) is 3.69. The van der Waals surface area contributed by atoms with Crippen molar-refractivity contribution in [2.45, 2.75) is 31.2 Å². The number of aryl methyl sites for hydroxylation is 1. The van der Waals surface area contributed by atoms with E-state index in [0.717, 1.165) is 36.5 Å². The van der Waals surface area contributed by atoms with E-state index in [0.29, 0.717) is 13.1 Å². The van der Waals surface area contributed by atoms with Gasteiger partial charge in [-0.15, -0.1) is 5.10 Å². The van der Waals surface area contributed by atoms with Crippen molar-refractivity contribution in [2.75, 3.05) is 18.0 Å². The third-order valence-corrected chi connectivity index (χ3v) is 5.55. The van der Waals surface area contributed by atoms with Crippen LogP contribution in [0.3, 0.4) is 0 Å². The number of carbonyl (C=O) groups is 1. The topological polar surface area (TPSA) is 118 Å². The molecule has 0 spiro atoms. The van der Waals surface area contributed by atoms with Crippen LogP contribution in [0.2, 0.25) is 0 Å². The summed E-state index contributed by atoms with van der Waals surface area (Å²) >= 11 is 0. The monoisotopic (exact) mass is 389 g/mol. The van der Waals surface area contributed by atoms with Crippen LogP contribution in [-0.2, 0) is 21.4 Å². The molecule has 1 aliphatic rings. The average Bonchev–Trinajstić information content (AvgIpc) is 2.66. The molecule has 0 bridgehead atoms. The second-order valence-corrected chi connectivity index (χ2v) is 8.29. The van der Waals surface area contributed by atoms with Crippen LogP contribution in [0.25, 0.3) is 0 Å². The Hall–Kier alpha value is -2.52. The van der Waals surface area contributed by atoms with E-state index in [4.69, 9.17) is 5.14 Å². The number of amides is 1. The lowest BCUT2D eigenvalue weighted by atomic mass is 9.97. The number of primary sulfonamides is 1. The van der Waals surface area contributed by atoms with Crippen molar-refractivity contribution in [1.82, 2.24) is 15.5 Å². The summed E-state index contributed by atoms with van der Waals surface area (Å²) in [4.78, 5) is 14.7. The summed E-state index contributed by atoms with van der Waals surface area (Å²) in [6.07, 6.45) is 1.74. The van der Waals surface area contributed by atoms with Crippen LogP contribution in [0.1, 0.15) is 24.1 Å². The van der Waals surface area contributed by atoms with Gasteiger partial charge in [-0.05, 0) is 49.6 Å². The van der Waals surface area contributed by atoms with Gasteiger partial charge < -0.3 is 10.2 Å². The van der Waals surface area contributed by atoms with Crippen molar-refractivity contribution in [1.29, 1.82) is 0 Å². The minimum absolute atomic E-state index is 0.0182. The Morgan fingerprint density at radius 3 is 2.59 bits per heavy atom. The highest BCUT2D eigenvalue weighted by molar-refractivity contribution is 7.89.